The Morgan fingerprint density at radius 3 is 1.92 bits per heavy atom. The van der Waals surface area contributed by atoms with E-state index < -0.39 is 11.4 Å². The first-order valence-electron chi connectivity index (χ1n) is 9.42. The molecule has 3 N–H and O–H groups in total. The van der Waals surface area contributed by atoms with Gasteiger partial charge in [0.25, 0.3) is 0 Å². The zero-order valence-electron chi connectivity index (χ0n) is 14.6. The molecule has 0 atom stereocenters. The van der Waals surface area contributed by atoms with Gasteiger partial charge in [0.2, 0.25) is 17.7 Å². The molecule has 0 unspecified atom stereocenters. The second-order valence-electron chi connectivity index (χ2n) is 7.20. The van der Waals surface area contributed by atoms with Gasteiger partial charge in [0.15, 0.2) is 0 Å². The summed E-state index contributed by atoms with van der Waals surface area (Å²) < 4.78 is 0. The lowest BCUT2D eigenvalue weighted by molar-refractivity contribution is -0.135. The van der Waals surface area contributed by atoms with Crippen molar-refractivity contribution in [1.82, 2.24) is 10.2 Å². The SMILES string of the molecule is NC(=O)C1(NC(=O)CCC(=O)N2CCCCCC2)CCCCCC1. The van der Waals surface area contributed by atoms with E-state index in [1.165, 1.54) is 12.8 Å². The molecule has 1 aliphatic heterocycles. The third-order valence-corrected chi connectivity index (χ3v) is 5.33. The van der Waals surface area contributed by atoms with Gasteiger partial charge < -0.3 is 16.0 Å². The highest BCUT2D eigenvalue weighted by Gasteiger charge is 2.38. The molecule has 1 saturated carbocycles. The average Bonchev–Trinajstić information content (AvgIpc) is 2.96. The summed E-state index contributed by atoms with van der Waals surface area (Å²) in [5.74, 6) is -0.642. The monoisotopic (exact) mass is 337 g/mol. The normalized spacial score (nSPS) is 21.4. The number of carbonyl (C=O) groups excluding carboxylic acids is 3. The van der Waals surface area contributed by atoms with Gasteiger partial charge >= 0.3 is 0 Å². The summed E-state index contributed by atoms with van der Waals surface area (Å²) in [5, 5.41) is 2.86. The van der Waals surface area contributed by atoms with Gasteiger partial charge in [-0.15, -0.1) is 0 Å². The molecule has 0 radical (unpaired) electrons. The molecule has 0 bridgehead atoms. The Kier molecular flexibility index (Phi) is 7.06. The number of likely N-dealkylation sites (tertiary alicyclic amines) is 1. The van der Waals surface area contributed by atoms with Gasteiger partial charge in [-0.25, -0.2) is 0 Å². The number of rotatable bonds is 5. The fraction of sp³-hybridized carbons (Fsp3) is 0.833. The van der Waals surface area contributed by atoms with E-state index in [4.69, 9.17) is 5.73 Å². The highest BCUT2D eigenvalue weighted by Crippen LogP contribution is 2.27. The second kappa shape index (κ2) is 9.04. The Balaban J connectivity index is 1.84. The maximum Gasteiger partial charge on any atom is 0.243 e. The third kappa shape index (κ3) is 5.21. The summed E-state index contributed by atoms with van der Waals surface area (Å²) in [5.41, 5.74) is 4.66. The van der Waals surface area contributed by atoms with Gasteiger partial charge in [0.05, 0.1) is 0 Å². The standard InChI is InChI=1S/C18H31N3O3/c19-17(24)18(11-5-1-2-6-12-18)20-15(22)9-10-16(23)21-13-7-3-4-8-14-21/h1-14H2,(H2,19,24)(H,20,22). The highest BCUT2D eigenvalue weighted by atomic mass is 16.2. The van der Waals surface area contributed by atoms with Crippen LogP contribution in [0.25, 0.3) is 0 Å². The summed E-state index contributed by atoms with van der Waals surface area (Å²) in [4.78, 5) is 38.4. The first kappa shape index (κ1) is 18.7. The molecule has 0 aromatic carbocycles. The summed E-state index contributed by atoms with van der Waals surface area (Å²) in [7, 11) is 0. The van der Waals surface area contributed by atoms with Crippen molar-refractivity contribution in [1.29, 1.82) is 0 Å². The quantitative estimate of drug-likeness (QED) is 0.750. The predicted octanol–water partition coefficient (Wildman–Crippen LogP) is 1.86. The Labute approximate surface area is 144 Å². The fourth-order valence-corrected chi connectivity index (χ4v) is 3.79. The van der Waals surface area contributed by atoms with Crippen LogP contribution >= 0.6 is 0 Å². The molecular weight excluding hydrogens is 306 g/mol. The number of amides is 3. The van der Waals surface area contributed by atoms with Crippen LogP contribution in [0.4, 0.5) is 0 Å². The first-order valence-corrected chi connectivity index (χ1v) is 9.42. The predicted molar refractivity (Wildman–Crippen MR) is 92.1 cm³/mol. The Hall–Kier alpha value is -1.59. The van der Waals surface area contributed by atoms with Gasteiger partial charge in [-0.05, 0) is 25.7 Å². The van der Waals surface area contributed by atoms with Crippen LogP contribution in [0.3, 0.4) is 0 Å². The number of hydrogen-bond acceptors (Lipinski definition) is 3. The van der Waals surface area contributed by atoms with Crippen molar-refractivity contribution >= 4 is 17.7 Å². The molecule has 0 aromatic heterocycles. The van der Waals surface area contributed by atoms with E-state index in [1.54, 1.807) is 0 Å². The minimum Gasteiger partial charge on any atom is -0.368 e. The maximum absolute atomic E-state index is 12.3. The molecule has 24 heavy (non-hydrogen) atoms. The van der Waals surface area contributed by atoms with Crippen LogP contribution in [0.1, 0.15) is 77.0 Å². The van der Waals surface area contributed by atoms with Crippen molar-refractivity contribution in [3.8, 4) is 0 Å². The van der Waals surface area contributed by atoms with Crippen LogP contribution in [0.15, 0.2) is 0 Å². The number of carbonyl (C=O) groups is 3. The van der Waals surface area contributed by atoms with Crippen molar-refractivity contribution < 1.29 is 14.4 Å². The minimum atomic E-state index is -0.917. The van der Waals surface area contributed by atoms with Crippen molar-refractivity contribution in [3.63, 3.8) is 0 Å². The van der Waals surface area contributed by atoms with E-state index in [0.717, 1.165) is 51.6 Å². The van der Waals surface area contributed by atoms with Crippen LogP contribution in [-0.4, -0.2) is 41.2 Å². The molecule has 2 aliphatic rings. The highest BCUT2D eigenvalue weighted by molar-refractivity contribution is 5.91. The Bertz CT molecular complexity index is 448. The topological polar surface area (TPSA) is 92.5 Å². The van der Waals surface area contributed by atoms with E-state index in [1.807, 2.05) is 4.90 Å². The third-order valence-electron chi connectivity index (χ3n) is 5.33. The molecule has 0 aromatic rings. The zero-order valence-corrected chi connectivity index (χ0v) is 14.6. The van der Waals surface area contributed by atoms with Gasteiger partial charge in [0, 0.05) is 25.9 Å². The summed E-state index contributed by atoms with van der Waals surface area (Å²) in [6.07, 6.45) is 9.91. The van der Waals surface area contributed by atoms with Crippen molar-refractivity contribution in [3.05, 3.63) is 0 Å². The molecule has 2 fully saturated rings. The molecule has 6 nitrogen and oxygen atoms in total. The summed E-state index contributed by atoms with van der Waals surface area (Å²) >= 11 is 0. The van der Waals surface area contributed by atoms with Gasteiger partial charge in [0.1, 0.15) is 5.54 Å². The lowest BCUT2D eigenvalue weighted by Crippen LogP contribution is -2.57. The van der Waals surface area contributed by atoms with Crippen molar-refractivity contribution in [2.75, 3.05) is 13.1 Å². The number of nitrogens with zero attached hydrogens (tertiary/aromatic N) is 1. The lowest BCUT2D eigenvalue weighted by atomic mass is 9.89. The van der Waals surface area contributed by atoms with Gasteiger partial charge in [-0.1, -0.05) is 38.5 Å². The van der Waals surface area contributed by atoms with Crippen LogP contribution < -0.4 is 11.1 Å². The van der Waals surface area contributed by atoms with Crippen molar-refractivity contribution in [2.24, 2.45) is 5.73 Å². The van der Waals surface area contributed by atoms with Gasteiger partial charge in [-0.2, -0.15) is 0 Å². The van der Waals surface area contributed by atoms with Gasteiger partial charge in [-0.3, -0.25) is 14.4 Å². The van der Waals surface area contributed by atoms with Crippen LogP contribution in [-0.2, 0) is 14.4 Å². The van der Waals surface area contributed by atoms with E-state index in [0.29, 0.717) is 12.8 Å². The first-order chi connectivity index (χ1) is 11.5. The number of nitrogens with one attached hydrogen (secondary N) is 1. The molecule has 136 valence electrons. The van der Waals surface area contributed by atoms with Crippen molar-refractivity contribution in [2.45, 2.75) is 82.6 Å². The van der Waals surface area contributed by atoms with Crippen LogP contribution in [0.2, 0.25) is 0 Å². The Morgan fingerprint density at radius 2 is 1.38 bits per heavy atom. The van der Waals surface area contributed by atoms with E-state index in [-0.39, 0.29) is 24.7 Å². The summed E-state index contributed by atoms with van der Waals surface area (Å²) in [6.45, 7) is 1.59. The number of hydrogen-bond donors (Lipinski definition) is 2. The molecule has 1 aliphatic carbocycles. The molecule has 3 amide bonds. The van der Waals surface area contributed by atoms with Crippen LogP contribution in [0, 0.1) is 0 Å². The fourth-order valence-electron chi connectivity index (χ4n) is 3.79. The zero-order chi connectivity index (χ0) is 17.4. The lowest BCUT2D eigenvalue weighted by Gasteiger charge is -2.30. The maximum atomic E-state index is 12.3. The number of primary amides is 1. The molecule has 6 heteroatoms. The minimum absolute atomic E-state index is 0.0426. The smallest absolute Gasteiger partial charge is 0.243 e. The van der Waals surface area contributed by atoms with Crippen LogP contribution in [0.5, 0.6) is 0 Å². The molecule has 1 heterocycles. The van der Waals surface area contributed by atoms with E-state index >= 15 is 0 Å². The second-order valence-corrected chi connectivity index (χ2v) is 7.20. The molecule has 2 rings (SSSR count). The molecule has 0 spiro atoms. The molecule has 1 saturated heterocycles. The van der Waals surface area contributed by atoms with E-state index in [2.05, 4.69) is 5.32 Å². The Morgan fingerprint density at radius 1 is 0.833 bits per heavy atom. The van der Waals surface area contributed by atoms with E-state index in [9.17, 15) is 14.4 Å². The largest absolute Gasteiger partial charge is 0.368 e. The summed E-state index contributed by atoms with van der Waals surface area (Å²) in [6, 6.07) is 0. The average molecular weight is 337 g/mol. The number of nitrogens with two attached hydrogens (primary N) is 1. The molecular formula is C18H31N3O3.